The largest absolute Gasteiger partial charge is 0.493 e. The summed E-state index contributed by atoms with van der Waals surface area (Å²) >= 11 is 0. The summed E-state index contributed by atoms with van der Waals surface area (Å²) in [7, 11) is 1.59. The van der Waals surface area contributed by atoms with Crippen molar-refractivity contribution in [2.45, 2.75) is 26.4 Å². The maximum Gasteiger partial charge on any atom is 0.306 e. The Balaban J connectivity index is 1.60. The molecule has 0 amide bonds. The molecule has 0 bridgehead atoms. The number of hydrogen-bond donors (Lipinski definition) is 0. The zero-order valence-electron chi connectivity index (χ0n) is 17.2. The van der Waals surface area contributed by atoms with Crippen LogP contribution in [0.3, 0.4) is 0 Å². The van der Waals surface area contributed by atoms with E-state index in [1.54, 1.807) is 20.3 Å². The van der Waals surface area contributed by atoms with E-state index >= 15 is 0 Å². The Kier molecular flexibility index (Phi) is 7.66. The molecule has 0 aliphatic rings. The summed E-state index contributed by atoms with van der Waals surface area (Å²) in [6.07, 6.45) is 6.21. The van der Waals surface area contributed by atoms with E-state index in [1.807, 2.05) is 60.7 Å². The SMILES string of the molecule is CCOC(=O)CCc1ccc(OC)c(OCc2coc(/C=C/c3ccccc3)n2)c1. The van der Waals surface area contributed by atoms with Crippen LogP contribution in [0.1, 0.15) is 36.1 Å². The highest BCUT2D eigenvalue weighted by atomic mass is 16.5. The van der Waals surface area contributed by atoms with Gasteiger partial charge in [-0.3, -0.25) is 4.79 Å². The lowest BCUT2D eigenvalue weighted by atomic mass is 10.1. The average molecular weight is 407 g/mol. The number of ether oxygens (including phenoxy) is 3. The molecule has 6 nitrogen and oxygen atoms in total. The highest BCUT2D eigenvalue weighted by molar-refractivity contribution is 5.69. The second-order valence-electron chi connectivity index (χ2n) is 6.50. The molecule has 0 saturated heterocycles. The first-order valence-corrected chi connectivity index (χ1v) is 9.80. The zero-order valence-corrected chi connectivity index (χ0v) is 17.2. The van der Waals surface area contributed by atoms with E-state index in [0.717, 1.165) is 11.1 Å². The summed E-state index contributed by atoms with van der Waals surface area (Å²) in [4.78, 5) is 16.0. The summed E-state index contributed by atoms with van der Waals surface area (Å²) in [6, 6.07) is 15.5. The summed E-state index contributed by atoms with van der Waals surface area (Å²) < 4.78 is 21.7. The molecular weight excluding hydrogens is 382 g/mol. The number of aryl methyl sites for hydroxylation is 1. The van der Waals surface area contributed by atoms with Gasteiger partial charge in [0.15, 0.2) is 11.5 Å². The van der Waals surface area contributed by atoms with Crippen LogP contribution in [0.2, 0.25) is 0 Å². The van der Waals surface area contributed by atoms with Crippen molar-refractivity contribution in [3.8, 4) is 11.5 Å². The number of nitrogens with zero attached hydrogens (tertiary/aromatic N) is 1. The Labute approximate surface area is 176 Å². The number of carbonyl (C=O) groups excluding carboxylic acids is 1. The molecule has 0 aliphatic heterocycles. The summed E-state index contributed by atoms with van der Waals surface area (Å²) in [6.45, 7) is 2.42. The fourth-order valence-electron chi connectivity index (χ4n) is 2.82. The summed E-state index contributed by atoms with van der Waals surface area (Å²) in [5, 5.41) is 0. The molecule has 1 heterocycles. The van der Waals surface area contributed by atoms with Crippen molar-refractivity contribution in [2.75, 3.05) is 13.7 Å². The van der Waals surface area contributed by atoms with Gasteiger partial charge < -0.3 is 18.6 Å². The molecule has 156 valence electrons. The Morgan fingerprint density at radius 3 is 2.70 bits per heavy atom. The van der Waals surface area contributed by atoms with E-state index in [0.29, 0.717) is 42.5 Å². The van der Waals surface area contributed by atoms with Crippen molar-refractivity contribution in [3.05, 3.63) is 77.5 Å². The Bertz CT molecular complexity index is 978. The quantitative estimate of drug-likeness (QED) is 0.444. The van der Waals surface area contributed by atoms with Crippen molar-refractivity contribution in [1.29, 1.82) is 0 Å². The standard InChI is InChI=1S/C24H25NO5/c1-3-28-24(26)14-11-19-9-12-21(27-2)22(15-19)29-16-20-17-30-23(25-20)13-10-18-7-5-4-6-8-18/h4-10,12-13,15,17H,3,11,14,16H2,1-2H3/b13-10+. The second kappa shape index (κ2) is 10.9. The van der Waals surface area contributed by atoms with Crippen LogP contribution in [0.4, 0.5) is 0 Å². The highest BCUT2D eigenvalue weighted by Gasteiger charge is 2.10. The van der Waals surface area contributed by atoms with E-state index in [4.69, 9.17) is 18.6 Å². The van der Waals surface area contributed by atoms with Crippen molar-refractivity contribution < 1.29 is 23.4 Å². The molecular formula is C24H25NO5. The van der Waals surface area contributed by atoms with Gasteiger partial charge in [-0.25, -0.2) is 4.98 Å². The predicted octanol–water partition coefficient (Wildman–Crippen LogP) is 4.93. The molecule has 0 N–H and O–H groups in total. The smallest absolute Gasteiger partial charge is 0.306 e. The Morgan fingerprint density at radius 2 is 1.93 bits per heavy atom. The number of benzene rings is 2. The molecule has 0 radical (unpaired) electrons. The van der Waals surface area contributed by atoms with Gasteiger partial charge in [0, 0.05) is 12.5 Å². The number of hydrogen-bond acceptors (Lipinski definition) is 6. The predicted molar refractivity (Wildman–Crippen MR) is 114 cm³/mol. The summed E-state index contributed by atoms with van der Waals surface area (Å²) in [5.74, 6) is 1.49. The first-order chi connectivity index (χ1) is 14.7. The molecule has 0 fully saturated rings. The topological polar surface area (TPSA) is 70.8 Å². The number of aromatic nitrogens is 1. The third-order valence-electron chi connectivity index (χ3n) is 4.31. The number of carbonyl (C=O) groups is 1. The average Bonchev–Trinajstić information content (AvgIpc) is 3.24. The fraction of sp³-hybridized carbons (Fsp3) is 0.250. The van der Waals surface area contributed by atoms with Gasteiger partial charge in [-0.15, -0.1) is 0 Å². The van der Waals surface area contributed by atoms with Crippen molar-refractivity contribution in [3.63, 3.8) is 0 Å². The van der Waals surface area contributed by atoms with E-state index in [9.17, 15) is 4.79 Å². The van der Waals surface area contributed by atoms with Crippen LogP contribution in [0.15, 0.2) is 59.2 Å². The van der Waals surface area contributed by atoms with E-state index in [-0.39, 0.29) is 12.6 Å². The van der Waals surface area contributed by atoms with E-state index in [1.165, 1.54) is 0 Å². The van der Waals surface area contributed by atoms with E-state index < -0.39 is 0 Å². The zero-order chi connectivity index (χ0) is 21.2. The van der Waals surface area contributed by atoms with Gasteiger partial charge in [0.05, 0.1) is 13.7 Å². The van der Waals surface area contributed by atoms with Gasteiger partial charge >= 0.3 is 5.97 Å². The molecule has 6 heteroatoms. The van der Waals surface area contributed by atoms with Crippen LogP contribution in [0, 0.1) is 0 Å². The van der Waals surface area contributed by atoms with Crippen molar-refractivity contribution >= 4 is 18.1 Å². The molecule has 2 aromatic carbocycles. The van der Waals surface area contributed by atoms with Crippen LogP contribution in [-0.4, -0.2) is 24.7 Å². The fourth-order valence-corrected chi connectivity index (χ4v) is 2.82. The van der Waals surface area contributed by atoms with Gasteiger partial charge in [0.1, 0.15) is 18.6 Å². The maximum atomic E-state index is 11.6. The minimum Gasteiger partial charge on any atom is -0.493 e. The normalized spacial score (nSPS) is 10.9. The van der Waals surface area contributed by atoms with Gasteiger partial charge in [-0.2, -0.15) is 0 Å². The van der Waals surface area contributed by atoms with Crippen LogP contribution in [0.5, 0.6) is 11.5 Å². The maximum absolute atomic E-state index is 11.6. The lowest BCUT2D eigenvalue weighted by molar-refractivity contribution is -0.143. The third-order valence-corrected chi connectivity index (χ3v) is 4.31. The summed E-state index contributed by atoms with van der Waals surface area (Å²) in [5.41, 5.74) is 2.70. The minimum atomic E-state index is -0.213. The molecule has 30 heavy (non-hydrogen) atoms. The Hall–Kier alpha value is -3.54. The van der Waals surface area contributed by atoms with Crippen LogP contribution in [-0.2, 0) is 22.6 Å². The molecule has 3 aromatic rings. The lowest BCUT2D eigenvalue weighted by Gasteiger charge is -2.11. The highest BCUT2D eigenvalue weighted by Crippen LogP contribution is 2.29. The monoisotopic (exact) mass is 407 g/mol. The molecule has 1 aromatic heterocycles. The lowest BCUT2D eigenvalue weighted by Crippen LogP contribution is -2.05. The van der Waals surface area contributed by atoms with Crippen molar-refractivity contribution in [2.24, 2.45) is 0 Å². The molecule has 0 spiro atoms. The van der Waals surface area contributed by atoms with Gasteiger partial charge in [-0.05, 0) is 42.7 Å². The van der Waals surface area contributed by atoms with Gasteiger partial charge in [0.2, 0.25) is 5.89 Å². The first kappa shape index (κ1) is 21.2. The van der Waals surface area contributed by atoms with Gasteiger partial charge in [0.25, 0.3) is 0 Å². The molecule has 0 atom stereocenters. The Morgan fingerprint density at radius 1 is 1.10 bits per heavy atom. The number of oxazole rings is 1. The number of methoxy groups -OCH3 is 1. The van der Waals surface area contributed by atoms with E-state index in [2.05, 4.69) is 4.98 Å². The van der Waals surface area contributed by atoms with Crippen molar-refractivity contribution in [1.82, 2.24) is 4.98 Å². The van der Waals surface area contributed by atoms with Crippen LogP contribution < -0.4 is 9.47 Å². The number of rotatable bonds is 10. The molecule has 0 aliphatic carbocycles. The molecule has 0 saturated carbocycles. The van der Waals surface area contributed by atoms with Gasteiger partial charge in [-0.1, -0.05) is 36.4 Å². The molecule has 0 unspecified atom stereocenters. The van der Waals surface area contributed by atoms with Crippen LogP contribution >= 0.6 is 0 Å². The first-order valence-electron chi connectivity index (χ1n) is 9.80. The van der Waals surface area contributed by atoms with Crippen LogP contribution in [0.25, 0.3) is 12.2 Å². The number of esters is 1. The third kappa shape index (κ3) is 6.24. The molecule has 3 rings (SSSR count). The second-order valence-corrected chi connectivity index (χ2v) is 6.50. The minimum absolute atomic E-state index is 0.213.